The number of carbonyl (C=O) groups excluding carboxylic acids is 1. The number of nitriles is 1. The van der Waals surface area contributed by atoms with Gasteiger partial charge in [-0.2, -0.15) is 5.26 Å². The van der Waals surface area contributed by atoms with E-state index in [1.54, 1.807) is 12.1 Å². The molecule has 3 rings (SSSR count). The monoisotopic (exact) mass is 441 g/mol. The molecule has 0 bridgehead atoms. The van der Waals surface area contributed by atoms with E-state index in [0.29, 0.717) is 33.0 Å². The molecule has 0 saturated heterocycles. The fourth-order valence-electron chi connectivity index (χ4n) is 2.90. The number of nitrogens with zero attached hydrogens (tertiary/aromatic N) is 4. The van der Waals surface area contributed by atoms with Crippen LogP contribution in [0, 0.1) is 11.3 Å². The fraction of sp³-hybridized carbons (Fsp3) is 0.286. The van der Waals surface area contributed by atoms with Crippen LogP contribution in [0.25, 0.3) is 11.3 Å². The van der Waals surface area contributed by atoms with E-state index in [1.807, 2.05) is 18.2 Å². The lowest BCUT2D eigenvalue weighted by molar-refractivity contribution is -0.116. The Morgan fingerprint density at radius 1 is 1.30 bits per heavy atom. The van der Waals surface area contributed by atoms with Gasteiger partial charge < -0.3 is 5.32 Å². The number of amides is 1. The summed E-state index contributed by atoms with van der Waals surface area (Å²) >= 11 is 7.03. The molecule has 0 fully saturated rings. The van der Waals surface area contributed by atoms with E-state index in [-0.39, 0.29) is 12.1 Å². The Balaban J connectivity index is 1.87. The molecule has 2 heterocycles. The largest absolute Gasteiger partial charge is 0.300 e. The number of anilines is 1. The average Bonchev–Trinajstić information content (AvgIpc) is 3.18. The van der Waals surface area contributed by atoms with Crippen LogP contribution in [0.3, 0.4) is 0 Å². The van der Waals surface area contributed by atoms with Gasteiger partial charge in [-0.1, -0.05) is 54.8 Å². The molecule has 0 spiro atoms. The zero-order valence-electron chi connectivity index (χ0n) is 16.4. The number of aromatic nitrogens is 3. The summed E-state index contributed by atoms with van der Waals surface area (Å²) in [5, 5.41) is 12.4. The van der Waals surface area contributed by atoms with E-state index in [9.17, 15) is 9.59 Å². The lowest BCUT2D eigenvalue weighted by Crippen LogP contribution is -2.31. The van der Waals surface area contributed by atoms with E-state index in [0.717, 1.165) is 36.2 Å². The highest BCUT2D eigenvalue weighted by Crippen LogP contribution is 2.20. The Labute approximate surface area is 183 Å². The van der Waals surface area contributed by atoms with Gasteiger partial charge in [0.15, 0.2) is 5.13 Å². The number of benzene rings is 1. The van der Waals surface area contributed by atoms with Crippen molar-refractivity contribution in [1.82, 2.24) is 14.5 Å². The van der Waals surface area contributed by atoms with Crippen LogP contribution in [0.1, 0.15) is 36.9 Å². The molecule has 3 aromatic rings. The highest BCUT2D eigenvalue weighted by Gasteiger charge is 2.14. The molecular formula is C21H20ClN5O2S. The first kappa shape index (κ1) is 21.7. The minimum atomic E-state index is -0.395. The zero-order valence-corrected chi connectivity index (χ0v) is 18.0. The van der Waals surface area contributed by atoms with Crippen molar-refractivity contribution < 1.29 is 4.79 Å². The SMILES string of the molecule is CCCCCc1nc(-c2ccc(Cl)cc2)cc(=O)n1CC(=O)Nc1ncc(C#N)s1. The second-order valence-electron chi connectivity index (χ2n) is 6.64. The topological polar surface area (TPSA) is 101 Å². The minimum absolute atomic E-state index is 0.171. The Morgan fingerprint density at radius 3 is 2.73 bits per heavy atom. The third-order valence-electron chi connectivity index (χ3n) is 4.40. The molecule has 30 heavy (non-hydrogen) atoms. The summed E-state index contributed by atoms with van der Waals surface area (Å²) < 4.78 is 1.39. The Kier molecular flexibility index (Phi) is 7.33. The molecule has 9 heteroatoms. The summed E-state index contributed by atoms with van der Waals surface area (Å²) in [6.07, 6.45) is 4.89. The number of rotatable bonds is 8. The summed E-state index contributed by atoms with van der Waals surface area (Å²) in [5.74, 6) is 0.168. The normalized spacial score (nSPS) is 10.6. The van der Waals surface area contributed by atoms with Crippen LogP contribution in [-0.4, -0.2) is 20.4 Å². The van der Waals surface area contributed by atoms with Gasteiger partial charge >= 0.3 is 0 Å². The highest BCUT2D eigenvalue weighted by molar-refractivity contribution is 7.16. The molecule has 0 saturated carbocycles. The predicted molar refractivity (Wildman–Crippen MR) is 118 cm³/mol. The van der Waals surface area contributed by atoms with Gasteiger partial charge in [-0.25, -0.2) is 9.97 Å². The van der Waals surface area contributed by atoms with Crippen molar-refractivity contribution in [3.05, 3.63) is 62.6 Å². The first-order valence-corrected chi connectivity index (χ1v) is 10.7. The molecular weight excluding hydrogens is 422 g/mol. The lowest BCUT2D eigenvalue weighted by Gasteiger charge is -2.13. The Hall–Kier alpha value is -3.02. The van der Waals surface area contributed by atoms with Crippen LogP contribution < -0.4 is 10.9 Å². The van der Waals surface area contributed by atoms with E-state index < -0.39 is 5.91 Å². The van der Waals surface area contributed by atoms with Gasteiger partial charge in [-0.3, -0.25) is 14.2 Å². The summed E-state index contributed by atoms with van der Waals surface area (Å²) in [5.41, 5.74) is 1.04. The number of thiazole rings is 1. The van der Waals surface area contributed by atoms with Crippen LogP contribution in [-0.2, 0) is 17.8 Å². The number of hydrogen-bond donors (Lipinski definition) is 1. The van der Waals surface area contributed by atoms with Gasteiger partial charge in [-0.15, -0.1) is 0 Å². The third kappa shape index (κ3) is 5.53. The van der Waals surface area contributed by atoms with Crippen molar-refractivity contribution >= 4 is 34.0 Å². The van der Waals surface area contributed by atoms with E-state index in [4.69, 9.17) is 16.9 Å². The maximum absolute atomic E-state index is 12.8. The minimum Gasteiger partial charge on any atom is -0.300 e. The first-order valence-electron chi connectivity index (χ1n) is 9.52. The van der Waals surface area contributed by atoms with Crippen LogP contribution in [0.15, 0.2) is 41.3 Å². The maximum atomic E-state index is 12.8. The van der Waals surface area contributed by atoms with Gasteiger partial charge in [0, 0.05) is 23.1 Å². The molecule has 1 N–H and O–H groups in total. The number of halogens is 1. The van der Waals surface area contributed by atoms with E-state index in [2.05, 4.69) is 22.2 Å². The average molecular weight is 442 g/mol. The Bertz CT molecular complexity index is 1130. The highest BCUT2D eigenvalue weighted by atomic mass is 35.5. The molecule has 154 valence electrons. The first-order chi connectivity index (χ1) is 14.5. The standard InChI is InChI=1S/C21H20ClN5O2S/c1-2-3-4-5-18-25-17(14-6-8-15(22)9-7-14)10-20(29)27(18)13-19(28)26-21-24-12-16(11-23)30-21/h6-10,12H,2-5,13H2,1H3,(H,24,26,28). The van der Waals surface area contributed by atoms with Crippen molar-refractivity contribution in [3.63, 3.8) is 0 Å². The smallest absolute Gasteiger partial charge is 0.254 e. The van der Waals surface area contributed by atoms with Crippen LogP contribution in [0.2, 0.25) is 5.02 Å². The van der Waals surface area contributed by atoms with Gasteiger partial charge in [0.25, 0.3) is 5.56 Å². The van der Waals surface area contributed by atoms with Crippen molar-refractivity contribution in [1.29, 1.82) is 5.26 Å². The quantitative estimate of drug-likeness (QED) is 0.526. The predicted octanol–water partition coefficient (Wildman–Crippen LogP) is 4.26. The fourth-order valence-corrected chi connectivity index (χ4v) is 3.66. The number of nitrogens with one attached hydrogen (secondary N) is 1. The zero-order chi connectivity index (χ0) is 21.5. The van der Waals surface area contributed by atoms with Crippen molar-refractivity contribution in [2.75, 3.05) is 5.32 Å². The third-order valence-corrected chi connectivity index (χ3v) is 5.46. The lowest BCUT2D eigenvalue weighted by atomic mass is 10.1. The molecule has 1 amide bonds. The Morgan fingerprint density at radius 2 is 2.07 bits per heavy atom. The van der Waals surface area contributed by atoms with Crippen molar-refractivity contribution in [3.8, 4) is 17.3 Å². The van der Waals surface area contributed by atoms with Crippen LogP contribution in [0.5, 0.6) is 0 Å². The summed E-state index contributed by atoms with van der Waals surface area (Å²) in [4.78, 5) is 34.4. The number of aryl methyl sites for hydroxylation is 1. The molecule has 1 aromatic carbocycles. The second kappa shape index (κ2) is 10.1. The number of unbranched alkanes of at least 4 members (excludes halogenated alkanes) is 2. The summed E-state index contributed by atoms with van der Waals surface area (Å²) in [6, 6.07) is 10.5. The van der Waals surface area contributed by atoms with Crippen LogP contribution >= 0.6 is 22.9 Å². The molecule has 0 aliphatic heterocycles. The molecule has 0 radical (unpaired) electrons. The van der Waals surface area contributed by atoms with Crippen LogP contribution in [0.4, 0.5) is 5.13 Å². The summed E-state index contributed by atoms with van der Waals surface area (Å²) in [6.45, 7) is 1.93. The second-order valence-corrected chi connectivity index (χ2v) is 8.10. The molecule has 2 aromatic heterocycles. The summed E-state index contributed by atoms with van der Waals surface area (Å²) in [7, 11) is 0. The molecule has 0 aliphatic carbocycles. The maximum Gasteiger partial charge on any atom is 0.254 e. The number of carbonyl (C=O) groups is 1. The van der Waals surface area contributed by atoms with E-state index >= 15 is 0 Å². The van der Waals surface area contributed by atoms with Crippen molar-refractivity contribution in [2.24, 2.45) is 0 Å². The number of hydrogen-bond acceptors (Lipinski definition) is 6. The van der Waals surface area contributed by atoms with Gasteiger partial charge in [0.1, 0.15) is 23.3 Å². The van der Waals surface area contributed by atoms with Gasteiger partial charge in [0.05, 0.1) is 11.9 Å². The van der Waals surface area contributed by atoms with Gasteiger partial charge in [-0.05, 0) is 18.6 Å². The molecule has 0 unspecified atom stereocenters. The van der Waals surface area contributed by atoms with Gasteiger partial charge in [0.2, 0.25) is 5.91 Å². The molecule has 7 nitrogen and oxygen atoms in total. The molecule has 0 atom stereocenters. The van der Waals surface area contributed by atoms with Crippen molar-refractivity contribution in [2.45, 2.75) is 39.2 Å². The molecule has 0 aliphatic rings. The van der Waals surface area contributed by atoms with E-state index in [1.165, 1.54) is 16.8 Å².